The monoisotopic (exact) mass is 405 g/mol. The minimum absolute atomic E-state index is 0. The van der Waals surface area contributed by atoms with E-state index in [-0.39, 0.29) is 42.8 Å². The van der Waals surface area contributed by atoms with E-state index < -0.39 is 0 Å². The number of amides is 3. The van der Waals surface area contributed by atoms with Gasteiger partial charge in [0.2, 0.25) is 0 Å². The molecule has 0 aromatic heterocycles. The van der Waals surface area contributed by atoms with Crippen LogP contribution in [0, 0.1) is 11.8 Å². The Morgan fingerprint density at radius 2 is 1.82 bits per heavy atom. The average molecular weight is 406 g/mol. The van der Waals surface area contributed by atoms with Crippen molar-refractivity contribution in [2.45, 2.75) is 18.9 Å². The molecule has 3 amide bonds. The van der Waals surface area contributed by atoms with E-state index >= 15 is 0 Å². The highest BCUT2D eigenvalue weighted by Crippen LogP contribution is 2.30. The number of imide groups is 1. The largest absolute Gasteiger partial charge is 0.376 e. The van der Waals surface area contributed by atoms with Gasteiger partial charge in [-0.2, -0.15) is 0 Å². The van der Waals surface area contributed by atoms with Crippen molar-refractivity contribution in [1.82, 2.24) is 15.1 Å². The Labute approximate surface area is 169 Å². The van der Waals surface area contributed by atoms with Crippen LogP contribution in [0.1, 0.15) is 43.9 Å². The molecule has 1 aromatic carbocycles. The fraction of sp³-hybridized carbons (Fsp3) is 0.550. The zero-order valence-corrected chi connectivity index (χ0v) is 16.4. The van der Waals surface area contributed by atoms with Crippen LogP contribution >= 0.6 is 12.4 Å². The molecule has 0 aliphatic carbocycles. The highest BCUT2D eigenvalue weighted by atomic mass is 35.5. The predicted octanol–water partition coefficient (Wildman–Crippen LogP) is 1.17. The molecule has 4 aliphatic heterocycles. The summed E-state index contributed by atoms with van der Waals surface area (Å²) < 4.78 is 5.56. The van der Waals surface area contributed by atoms with Crippen molar-refractivity contribution in [2.75, 3.05) is 39.3 Å². The molecule has 1 N–H and O–H groups in total. The number of carbonyl (C=O) groups excluding carboxylic acids is 3. The molecular formula is C20H24ClN3O4. The lowest BCUT2D eigenvalue weighted by Crippen LogP contribution is -2.36. The first-order chi connectivity index (χ1) is 13.1. The standard InChI is InChI=1S/C20H23N3O4.ClH/c24-18(22-9-13-7-21-8-14(13)10-22)12-3-4-16-17(6-12)20(26)23(19(16)25)11-15-2-1-5-27-15;/h3-4,6,13-15,21H,1-2,5,7-11H2;1H/t13-,14+,15?;. The summed E-state index contributed by atoms with van der Waals surface area (Å²) in [5, 5.41) is 3.37. The number of carbonyl (C=O) groups is 3. The van der Waals surface area contributed by atoms with E-state index in [1.165, 1.54) is 4.90 Å². The summed E-state index contributed by atoms with van der Waals surface area (Å²) >= 11 is 0. The van der Waals surface area contributed by atoms with Crippen molar-refractivity contribution in [3.8, 4) is 0 Å². The molecule has 0 saturated carbocycles. The number of likely N-dealkylation sites (tertiary alicyclic amines) is 1. The molecule has 8 heteroatoms. The van der Waals surface area contributed by atoms with E-state index in [1.807, 2.05) is 4.90 Å². The first-order valence-corrected chi connectivity index (χ1v) is 9.73. The second-order valence-electron chi connectivity index (χ2n) is 8.00. The number of hydrogen-bond acceptors (Lipinski definition) is 5. The maximum Gasteiger partial charge on any atom is 0.261 e. The Morgan fingerprint density at radius 1 is 1.11 bits per heavy atom. The third kappa shape index (κ3) is 3.11. The van der Waals surface area contributed by atoms with Gasteiger partial charge in [0, 0.05) is 38.3 Å². The van der Waals surface area contributed by atoms with Crippen molar-refractivity contribution < 1.29 is 19.1 Å². The molecule has 4 aliphatic rings. The smallest absolute Gasteiger partial charge is 0.261 e. The fourth-order valence-corrected chi connectivity index (χ4v) is 4.79. The quantitative estimate of drug-likeness (QED) is 0.764. The zero-order valence-electron chi connectivity index (χ0n) is 15.6. The molecule has 4 heterocycles. The molecule has 3 fully saturated rings. The number of benzene rings is 1. The summed E-state index contributed by atoms with van der Waals surface area (Å²) in [6.45, 7) is 4.41. The van der Waals surface area contributed by atoms with E-state index in [4.69, 9.17) is 4.74 Å². The lowest BCUT2D eigenvalue weighted by molar-refractivity contribution is 0.0475. The number of ether oxygens (including phenoxy) is 1. The Kier molecular flexibility index (Phi) is 5.16. The van der Waals surface area contributed by atoms with Crippen LogP contribution in [-0.4, -0.2) is 73.0 Å². The van der Waals surface area contributed by atoms with Gasteiger partial charge in [0.25, 0.3) is 17.7 Å². The van der Waals surface area contributed by atoms with Crippen LogP contribution in [-0.2, 0) is 4.74 Å². The lowest BCUT2D eigenvalue weighted by atomic mass is 10.0. The molecule has 7 nitrogen and oxygen atoms in total. The molecule has 0 spiro atoms. The zero-order chi connectivity index (χ0) is 18.5. The molecule has 5 rings (SSSR count). The number of hydrogen-bond donors (Lipinski definition) is 1. The van der Waals surface area contributed by atoms with Crippen molar-refractivity contribution in [3.05, 3.63) is 34.9 Å². The normalized spacial score (nSPS) is 28.5. The molecule has 1 unspecified atom stereocenters. The Bertz CT molecular complexity index is 812. The molecular weight excluding hydrogens is 382 g/mol. The van der Waals surface area contributed by atoms with Gasteiger partial charge in [-0.05, 0) is 42.9 Å². The minimum Gasteiger partial charge on any atom is -0.376 e. The van der Waals surface area contributed by atoms with E-state index in [9.17, 15) is 14.4 Å². The first kappa shape index (κ1) is 19.4. The number of fused-ring (bicyclic) bond motifs is 2. The third-order valence-electron chi connectivity index (χ3n) is 6.30. The minimum atomic E-state index is -0.317. The van der Waals surface area contributed by atoms with Gasteiger partial charge in [-0.25, -0.2) is 0 Å². The van der Waals surface area contributed by atoms with Gasteiger partial charge < -0.3 is 15.0 Å². The van der Waals surface area contributed by atoms with Gasteiger partial charge in [-0.1, -0.05) is 0 Å². The van der Waals surface area contributed by atoms with Crippen LogP contribution < -0.4 is 5.32 Å². The van der Waals surface area contributed by atoms with E-state index in [0.29, 0.717) is 35.1 Å². The highest BCUT2D eigenvalue weighted by molar-refractivity contribution is 6.22. The Balaban J connectivity index is 0.00000192. The number of rotatable bonds is 3. The van der Waals surface area contributed by atoms with Gasteiger partial charge in [-0.15, -0.1) is 12.4 Å². The molecule has 150 valence electrons. The SMILES string of the molecule is Cl.O=C(c1ccc2c(c1)C(=O)N(CC1CCCO1)C2=O)N1C[C@H]2CNC[C@H]2C1. The molecule has 0 bridgehead atoms. The van der Waals surface area contributed by atoms with Gasteiger partial charge in [-0.3, -0.25) is 19.3 Å². The third-order valence-corrected chi connectivity index (χ3v) is 6.30. The van der Waals surface area contributed by atoms with Crippen LogP contribution in [0.2, 0.25) is 0 Å². The van der Waals surface area contributed by atoms with Crippen molar-refractivity contribution in [2.24, 2.45) is 11.8 Å². The van der Waals surface area contributed by atoms with Gasteiger partial charge in [0.1, 0.15) is 0 Å². The summed E-state index contributed by atoms with van der Waals surface area (Å²) in [5.74, 6) is 0.390. The predicted molar refractivity (Wildman–Crippen MR) is 104 cm³/mol. The van der Waals surface area contributed by atoms with E-state index in [2.05, 4.69) is 5.32 Å². The maximum atomic E-state index is 12.9. The molecule has 3 saturated heterocycles. The van der Waals surface area contributed by atoms with Crippen LogP contribution in [0.3, 0.4) is 0 Å². The molecule has 1 aromatic rings. The van der Waals surface area contributed by atoms with Crippen LogP contribution in [0.4, 0.5) is 0 Å². The molecule has 3 atom stereocenters. The molecule has 28 heavy (non-hydrogen) atoms. The van der Waals surface area contributed by atoms with E-state index in [0.717, 1.165) is 39.0 Å². The number of nitrogens with zero attached hydrogens (tertiary/aromatic N) is 2. The van der Waals surface area contributed by atoms with Crippen LogP contribution in [0.15, 0.2) is 18.2 Å². The van der Waals surface area contributed by atoms with E-state index in [1.54, 1.807) is 18.2 Å². The van der Waals surface area contributed by atoms with Crippen molar-refractivity contribution >= 4 is 30.1 Å². The topological polar surface area (TPSA) is 79.0 Å². The first-order valence-electron chi connectivity index (χ1n) is 9.73. The molecule has 0 radical (unpaired) electrons. The highest BCUT2D eigenvalue weighted by Gasteiger charge is 2.40. The average Bonchev–Trinajstić information content (AvgIpc) is 3.43. The second kappa shape index (κ2) is 7.46. The Morgan fingerprint density at radius 3 is 2.50 bits per heavy atom. The summed E-state index contributed by atoms with van der Waals surface area (Å²) in [6.07, 6.45) is 1.74. The summed E-state index contributed by atoms with van der Waals surface area (Å²) in [4.78, 5) is 41.4. The number of nitrogens with one attached hydrogen (secondary N) is 1. The van der Waals surface area contributed by atoms with Crippen LogP contribution in [0.5, 0.6) is 0 Å². The van der Waals surface area contributed by atoms with Crippen LogP contribution in [0.25, 0.3) is 0 Å². The van der Waals surface area contributed by atoms with Gasteiger partial charge >= 0.3 is 0 Å². The summed E-state index contributed by atoms with van der Waals surface area (Å²) in [5.41, 5.74) is 1.21. The summed E-state index contributed by atoms with van der Waals surface area (Å²) in [6, 6.07) is 4.89. The van der Waals surface area contributed by atoms with Gasteiger partial charge in [0.05, 0.1) is 23.8 Å². The van der Waals surface area contributed by atoms with Gasteiger partial charge in [0.15, 0.2) is 0 Å². The fourth-order valence-electron chi connectivity index (χ4n) is 4.79. The maximum absolute atomic E-state index is 12.9. The summed E-state index contributed by atoms with van der Waals surface area (Å²) in [7, 11) is 0. The number of halogens is 1. The lowest BCUT2D eigenvalue weighted by Gasteiger charge is -2.18. The van der Waals surface area contributed by atoms with Crippen molar-refractivity contribution in [1.29, 1.82) is 0 Å². The second-order valence-corrected chi connectivity index (χ2v) is 8.00. The van der Waals surface area contributed by atoms with Crippen molar-refractivity contribution in [3.63, 3.8) is 0 Å². The Hall–Kier alpha value is -1.96.